The van der Waals surface area contributed by atoms with Crippen LogP contribution in [0.5, 0.6) is 0 Å². The monoisotopic (exact) mass is 399 g/mol. The van der Waals surface area contributed by atoms with E-state index >= 15 is 0 Å². The summed E-state index contributed by atoms with van der Waals surface area (Å²) in [4.78, 5) is 15.1. The zero-order valence-corrected chi connectivity index (χ0v) is 17.5. The van der Waals surface area contributed by atoms with Crippen LogP contribution in [-0.2, 0) is 22.5 Å². The first-order chi connectivity index (χ1) is 14.8. The molecule has 0 aromatic heterocycles. The summed E-state index contributed by atoms with van der Waals surface area (Å²) < 4.78 is 5.43. The third-order valence-electron chi connectivity index (χ3n) is 4.95. The van der Waals surface area contributed by atoms with Gasteiger partial charge in [-0.05, 0) is 30.0 Å². The van der Waals surface area contributed by atoms with Gasteiger partial charge in [-0.2, -0.15) is 0 Å². The van der Waals surface area contributed by atoms with Crippen molar-refractivity contribution in [2.45, 2.75) is 25.9 Å². The zero-order valence-electron chi connectivity index (χ0n) is 17.5. The Balaban J connectivity index is 1.85. The topological polar surface area (TPSA) is 29.5 Å². The van der Waals surface area contributed by atoms with Gasteiger partial charge in [0.05, 0.1) is 6.61 Å². The summed E-state index contributed by atoms with van der Waals surface area (Å²) in [5.41, 5.74) is 3.49. The summed E-state index contributed by atoms with van der Waals surface area (Å²) in [5, 5.41) is 0. The highest BCUT2D eigenvalue weighted by atomic mass is 16.5. The first-order valence-corrected chi connectivity index (χ1v) is 10.5. The lowest BCUT2D eigenvalue weighted by molar-refractivity contribution is -0.147. The number of hydrogen-bond acceptors (Lipinski definition) is 3. The van der Waals surface area contributed by atoms with Crippen molar-refractivity contribution in [1.82, 2.24) is 4.90 Å². The SMILES string of the molecule is CCOC(=O)[C@@H](/C=C/c1ccccc1)N(CCc1ccccc1)Cc1ccccc1. The maximum atomic E-state index is 12.9. The molecule has 0 radical (unpaired) electrons. The predicted octanol–water partition coefficient (Wildman–Crippen LogP) is 5.38. The van der Waals surface area contributed by atoms with Gasteiger partial charge < -0.3 is 4.74 Å². The minimum atomic E-state index is -0.450. The molecular formula is C27H29NO2. The predicted molar refractivity (Wildman–Crippen MR) is 123 cm³/mol. The minimum Gasteiger partial charge on any atom is -0.465 e. The van der Waals surface area contributed by atoms with Crippen LogP contribution in [0.2, 0.25) is 0 Å². The van der Waals surface area contributed by atoms with Gasteiger partial charge in [0.2, 0.25) is 0 Å². The quantitative estimate of drug-likeness (QED) is 0.429. The van der Waals surface area contributed by atoms with Gasteiger partial charge in [0.25, 0.3) is 0 Å². The van der Waals surface area contributed by atoms with Gasteiger partial charge in [0.1, 0.15) is 6.04 Å². The summed E-state index contributed by atoms with van der Waals surface area (Å²) in [6, 6.07) is 30.2. The molecule has 0 saturated carbocycles. The molecule has 0 saturated heterocycles. The molecule has 0 fully saturated rings. The normalized spacial score (nSPS) is 12.2. The highest BCUT2D eigenvalue weighted by molar-refractivity contribution is 5.79. The fourth-order valence-electron chi connectivity index (χ4n) is 3.40. The molecule has 3 nitrogen and oxygen atoms in total. The van der Waals surface area contributed by atoms with Crippen molar-refractivity contribution in [1.29, 1.82) is 0 Å². The van der Waals surface area contributed by atoms with E-state index in [0.717, 1.165) is 18.5 Å². The van der Waals surface area contributed by atoms with Gasteiger partial charge in [-0.15, -0.1) is 0 Å². The summed E-state index contributed by atoms with van der Waals surface area (Å²) in [6.07, 6.45) is 4.83. The van der Waals surface area contributed by atoms with Gasteiger partial charge in [0.15, 0.2) is 0 Å². The number of nitrogens with zero attached hydrogens (tertiary/aromatic N) is 1. The Morgan fingerprint density at radius 3 is 2.03 bits per heavy atom. The first kappa shape index (κ1) is 21.5. The molecule has 0 N–H and O–H groups in total. The summed E-state index contributed by atoms with van der Waals surface area (Å²) >= 11 is 0. The van der Waals surface area contributed by atoms with Crippen molar-refractivity contribution in [2.75, 3.05) is 13.2 Å². The van der Waals surface area contributed by atoms with Crippen LogP contribution < -0.4 is 0 Å². The maximum absolute atomic E-state index is 12.9. The van der Waals surface area contributed by atoms with E-state index in [-0.39, 0.29) is 5.97 Å². The molecule has 3 aromatic rings. The number of carbonyl (C=O) groups is 1. The molecule has 154 valence electrons. The average Bonchev–Trinajstić information content (AvgIpc) is 2.79. The molecular weight excluding hydrogens is 370 g/mol. The molecule has 3 rings (SSSR count). The van der Waals surface area contributed by atoms with Crippen molar-refractivity contribution in [3.8, 4) is 0 Å². The van der Waals surface area contributed by atoms with Gasteiger partial charge in [-0.1, -0.05) is 103 Å². The third-order valence-corrected chi connectivity index (χ3v) is 4.95. The Labute approximate surface area is 179 Å². The zero-order chi connectivity index (χ0) is 21.0. The molecule has 0 heterocycles. The number of esters is 1. The lowest BCUT2D eigenvalue weighted by Gasteiger charge is -2.28. The van der Waals surface area contributed by atoms with Crippen molar-refractivity contribution in [3.63, 3.8) is 0 Å². The summed E-state index contributed by atoms with van der Waals surface area (Å²) in [6.45, 7) is 3.64. The van der Waals surface area contributed by atoms with Crippen LogP contribution in [0.1, 0.15) is 23.6 Å². The van der Waals surface area contributed by atoms with Gasteiger partial charge in [-0.3, -0.25) is 9.69 Å². The summed E-state index contributed by atoms with van der Waals surface area (Å²) in [7, 11) is 0. The van der Waals surface area contributed by atoms with Crippen LogP contribution in [-0.4, -0.2) is 30.1 Å². The van der Waals surface area contributed by atoms with Crippen molar-refractivity contribution < 1.29 is 9.53 Å². The lowest BCUT2D eigenvalue weighted by atomic mass is 10.1. The fourth-order valence-corrected chi connectivity index (χ4v) is 3.40. The van der Waals surface area contributed by atoms with E-state index < -0.39 is 6.04 Å². The van der Waals surface area contributed by atoms with E-state index in [1.165, 1.54) is 11.1 Å². The molecule has 3 aromatic carbocycles. The number of carbonyl (C=O) groups excluding carboxylic acids is 1. The summed E-state index contributed by atoms with van der Waals surface area (Å²) in [5.74, 6) is -0.214. The van der Waals surface area contributed by atoms with Crippen LogP contribution in [0, 0.1) is 0 Å². The van der Waals surface area contributed by atoms with Gasteiger partial charge in [-0.25, -0.2) is 0 Å². The number of benzene rings is 3. The molecule has 3 heteroatoms. The largest absolute Gasteiger partial charge is 0.465 e. The Morgan fingerprint density at radius 1 is 0.867 bits per heavy atom. The van der Waals surface area contributed by atoms with Crippen molar-refractivity contribution in [3.05, 3.63) is 114 Å². The van der Waals surface area contributed by atoms with Crippen LogP contribution in [0.3, 0.4) is 0 Å². The molecule has 0 amide bonds. The number of rotatable bonds is 10. The van der Waals surface area contributed by atoms with E-state index in [1.807, 2.05) is 73.7 Å². The lowest BCUT2D eigenvalue weighted by Crippen LogP contribution is -2.41. The smallest absolute Gasteiger partial charge is 0.327 e. The minimum absolute atomic E-state index is 0.214. The van der Waals surface area contributed by atoms with E-state index in [9.17, 15) is 4.79 Å². The third kappa shape index (κ3) is 6.71. The van der Waals surface area contributed by atoms with Crippen LogP contribution >= 0.6 is 0 Å². The second-order valence-electron chi connectivity index (χ2n) is 7.16. The highest BCUT2D eigenvalue weighted by Gasteiger charge is 2.25. The highest BCUT2D eigenvalue weighted by Crippen LogP contribution is 2.15. The Kier molecular flexibility index (Phi) is 8.43. The molecule has 0 aliphatic rings. The van der Waals surface area contributed by atoms with Crippen LogP contribution in [0.4, 0.5) is 0 Å². The van der Waals surface area contributed by atoms with E-state index in [4.69, 9.17) is 4.74 Å². The molecule has 30 heavy (non-hydrogen) atoms. The average molecular weight is 400 g/mol. The van der Waals surface area contributed by atoms with E-state index in [2.05, 4.69) is 41.3 Å². The second-order valence-corrected chi connectivity index (χ2v) is 7.16. The first-order valence-electron chi connectivity index (χ1n) is 10.5. The number of ether oxygens (including phenoxy) is 1. The van der Waals surface area contributed by atoms with Crippen molar-refractivity contribution >= 4 is 12.0 Å². The van der Waals surface area contributed by atoms with E-state index in [1.54, 1.807) is 0 Å². The molecule has 0 aliphatic carbocycles. The van der Waals surface area contributed by atoms with Crippen molar-refractivity contribution in [2.24, 2.45) is 0 Å². The van der Waals surface area contributed by atoms with Gasteiger partial charge in [0, 0.05) is 13.1 Å². The molecule has 0 aliphatic heterocycles. The van der Waals surface area contributed by atoms with E-state index in [0.29, 0.717) is 13.2 Å². The fraction of sp³-hybridized carbons (Fsp3) is 0.222. The molecule has 0 unspecified atom stereocenters. The standard InChI is InChI=1S/C27H29NO2/c1-2-30-27(29)26(19-18-23-12-6-3-7-13-23)28(22-25-16-10-5-11-17-25)21-20-24-14-8-4-9-15-24/h3-19,26H,2,20-22H2,1H3/b19-18+/t26-/m1/s1. The molecule has 1 atom stereocenters. The number of hydrogen-bond donors (Lipinski definition) is 0. The van der Waals surface area contributed by atoms with Crippen LogP contribution in [0.15, 0.2) is 97.1 Å². The van der Waals surface area contributed by atoms with Gasteiger partial charge >= 0.3 is 5.97 Å². The Hall–Kier alpha value is -3.17. The Morgan fingerprint density at radius 2 is 1.43 bits per heavy atom. The van der Waals surface area contributed by atoms with Crippen LogP contribution in [0.25, 0.3) is 6.08 Å². The molecule has 0 spiro atoms. The Bertz CT molecular complexity index is 907. The molecule has 0 bridgehead atoms. The second kappa shape index (κ2) is 11.7. The maximum Gasteiger partial charge on any atom is 0.327 e.